The lowest BCUT2D eigenvalue weighted by atomic mass is 9.90. The van der Waals surface area contributed by atoms with E-state index < -0.39 is 16.6 Å². The average molecular weight is 472 g/mol. The highest BCUT2D eigenvalue weighted by Crippen LogP contribution is 2.34. The monoisotopic (exact) mass is 471 g/mol. The van der Waals surface area contributed by atoms with Crippen molar-refractivity contribution in [3.8, 4) is 23.1 Å². The van der Waals surface area contributed by atoms with Crippen LogP contribution in [0.1, 0.15) is 27.7 Å². The van der Waals surface area contributed by atoms with Crippen LogP contribution in [0.3, 0.4) is 0 Å². The molecule has 166 valence electrons. The Morgan fingerprint density at radius 1 is 1.19 bits per heavy atom. The number of thioether (sulfide) groups is 1. The summed E-state index contributed by atoms with van der Waals surface area (Å²) in [4.78, 5) is 12.8. The Morgan fingerprint density at radius 2 is 1.84 bits per heavy atom. The van der Waals surface area contributed by atoms with Gasteiger partial charge in [0.15, 0.2) is 11.0 Å². The second-order valence-electron chi connectivity index (χ2n) is 7.79. The van der Waals surface area contributed by atoms with Crippen LogP contribution in [0, 0.1) is 23.1 Å². The number of nitrogens with one attached hydrogen (secondary N) is 1. The third-order valence-electron chi connectivity index (χ3n) is 5.26. The Morgan fingerprint density at radius 3 is 2.47 bits per heavy atom. The van der Waals surface area contributed by atoms with Gasteiger partial charge in [-0.05, 0) is 44.0 Å². The minimum absolute atomic E-state index is 0.0810. The van der Waals surface area contributed by atoms with Gasteiger partial charge in [0, 0.05) is 5.56 Å². The Hall–Kier alpha value is -2.89. The summed E-state index contributed by atoms with van der Waals surface area (Å²) in [5.74, 6) is -0.506. The molecule has 0 aliphatic heterocycles. The van der Waals surface area contributed by atoms with Crippen molar-refractivity contribution in [1.29, 1.82) is 5.26 Å². The molecule has 3 aromatic rings. The minimum Gasteiger partial charge on any atom is -0.337 e. The highest BCUT2D eigenvalue weighted by molar-refractivity contribution is 8.00. The van der Waals surface area contributed by atoms with Gasteiger partial charge in [-0.2, -0.15) is 5.26 Å². The summed E-state index contributed by atoms with van der Waals surface area (Å²) in [5, 5.41) is 21.0. The summed E-state index contributed by atoms with van der Waals surface area (Å²) >= 11 is 7.49. The van der Waals surface area contributed by atoms with Gasteiger partial charge >= 0.3 is 0 Å². The van der Waals surface area contributed by atoms with E-state index in [1.165, 1.54) is 6.07 Å². The molecule has 0 radical (unpaired) electrons. The van der Waals surface area contributed by atoms with Gasteiger partial charge in [0.25, 0.3) is 0 Å². The van der Waals surface area contributed by atoms with E-state index in [0.29, 0.717) is 21.6 Å². The number of carbonyl (C=O) groups excluding carboxylic acids is 1. The zero-order valence-corrected chi connectivity index (χ0v) is 19.7. The first-order chi connectivity index (χ1) is 15.2. The van der Waals surface area contributed by atoms with E-state index in [2.05, 4.69) is 21.6 Å². The Labute approximate surface area is 195 Å². The van der Waals surface area contributed by atoms with Gasteiger partial charge in [-0.1, -0.05) is 61.5 Å². The van der Waals surface area contributed by atoms with E-state index >= 15 is 0 Å². The van der Waals surface area contributed by atoms with Crippen molar-refractivity contribution in [2.24, 2.45) is 5.92 Å². The number of amides is 1. The van der Waals surface area contributed by atoms with Gasteiger partial charge in [0.05, 0.1) is 22.0 Å². The third-order valence-corrected chi connectivity index (χ3v) is 6.63. The number of hydrogen-bond acceptors (Lipinski definition) is 5. The molecule has 2 aromatic carbocycles. The summed E-state index contributed by atoms with van der Waals surface area (Å²) in [7, 11) is 0. The first-order valence-electron chi connectivity index (χ1n) is 10.0. The second kappa shape index (κ2) is 9.72. The summed E-state index contributed by atoms with van der Waals surface area (Å²) in [6, 6.07) is 15.5. The summed E-state index contributed by atoms with van der Waals surface area (Å²) in [6.07, 6.45) is 0. The van der Waals surface area contributed by atoms with Crippen LogP contribution in [0.25, 0.3) is 17.1 Å². The quantitative estimate of drug-likeness (QED) is 0.475. The average Bonchev–Trinajstić information content (AvgIpc) is 3.17. The molecule has 0 saturated carbocycles. The highest BCUT2D eigenvalue weighted by atomic mass is 35.5. The zero-order valence-electron chi connectivity index (χ0n) is 18.1. The zero-order chi connectivity index (χ0) is 23.5. The maximum Gasteiger partial charge on any atom is 0.234 e. The second-order valence-corrected chi connectivity index (χ2v) is 9.51. The van der Waals surface area contributed by atoms with Crippen LogP contribution in [0.2, 0.25) is 5.02 Å². The molecule has 3 rings (SSSR count). The molecule has 1 amide bonds. The Balaban J connectivity index is 2.01. The predicted octanol–water partition coefficient (Wildman–Crippen LogP) is 5.26. The predicted molar refractivity (Wildman–Crippen MR) is 124 cm³/mol. The van der Waals surface area contributed by atoms with Crippen molar-refractivity contribution >= 4 is 29.3 Å². The van der Waals surface area contributed by atoms with E-state index in [9.17, 15) is 14.4 Å². The lowest BCUT2D eigenvalue weighted by Gasteiger charge is -2.28. The van der Waals surface area contributed by atoms with Gasteiger partial charge in [0.1, 0.15) is 11.4 Å². The molecule has 1 heterocycles. The van der Waals surface area contributed by atoms with Gasteiger partial charge in [-0.3, -0.25) is 9.36 Å². The number of benzene rings is 2. The molecule has 0 saturated heterocycles. The number of para-hydroxylation sites is 1. The molecule has 1 N–H and O–H groups in total. The Kier molecular flexibility index (Phi) is 7.22. The molecule has 2 unspecified atom stereocenters. The molecule has 0 bridgehead atoms. The van der Waals surface area contributed by atoms with E-state index in [1.807, 2.05) is 13.8 Å². The molecule has 0 aliphatic rings. The number of nitrogens with zero attached hydrogens (tertiary/aromatic N) is 4. The number of halogens is 2. The van der Waals surface area contributed by atoms with E-state index in [-0.39, 0.29) is 17.5 Å². The lowest BCUT2D eigenvalue weighted by molar-refractivity contribution is -0.121. The van der Waals surface area contributed by atoms with Crippen molar-refractivity contribution < 1.29 is 9.18 Å². The number of carbonyl (C=O) groups is 1. The van der Waals surface area contributed by atoms with Gasteiger partial charge in [-0.15, -0.1) is 10.2 Å². The van der Waals surface area contributed by atoms with Crippen molar-refractivity contribution in [2.45, 2.75) is 43.6 Å². The maximum absolute atomic E-state index is 14.7. The van der Waals surface area contributed by atoms with Crippen LogP contribution in [0.4, 0.5) is 4.39 Å². The van der Waals surface area contributed by atoms with E-state index in [4.69, 9.17) is 11.6 Å². The molecular formula is C23H23ClFN5OS. The molecule has 2 atom stereocenters. The minimum atomic E-state index is -1.01. The molecule has 1 aromatic heterocycles. The van der Waals surface area contributed by atoms with Crippen LogP contribution >= 0.6 is 23.4 Å². The molecule has 0 spiro atoms. The number of hydrogen-bond donors (Lipinski definition) is 1. The highest BCUT2D eigenvalue weighted by Gasteiger charge is 2.32. The molecule has 6 nitrogen and oxygen atoms in total. The first-order valence-corrected chi connectivity index (χ1v) is 11.3. The van der Waals surface area contributed by atoms with Crippen molar-refractivity contribution in [1.82, 2.24) is 20.1 Å². The molecule has 32 heavy (non-hydrogen) atoms. The number of rotatable bonds is 7. The normalized spacial score (nSPS) is 13.9. The van der Waals surface area contributed by atoms with E-state index in [1.54, 1.807) is 60.9 Å². The van der Waals surface area contributed by atoms with Crippen LogP contribution < -0.4 is 5.32 Å². The van der Waals surface area contributed by atoms with Gasteiger partial charge < -0.3 is 5.32 Å². The maximum atomic E-state index is 14.7. The van der Waals surface area contributed by atoms with Gasteiger partial charge in [-0.25, -0.2) is 4.39 Å². The smallest absolute Gasteiger partial charge is 0.234 e. The third kappa shape index (κ3) is 4.79. The summed E-state index contributed by atoms with van der Waals surface area (Å²) < 4.78 is 16.3. The molecule has 9 heteroatoms. The lowest BCUT2D eigenvalue weighted by Crippen LogP contribution is -2.51. The van der Waals surface area contributed by atoms with Crippen LogP contribution in [0.5, 0.6) is 0 Å². The molecule has 0 aliphatic carbocycles. The van der Waals surface area contributed by atoms with Crippen LogP contribution in [-0.4, -0.2) is 31.5 Å². The summed E-state index contributed by atoms with van der Waals surface area (Å²) in [6.45, 7) is 7.12. The summed E-state index contributed by atoms with van der Waals surface area (Å²) in [5.41, 5.74) is -0.175. The van der Waals surface area contributed by atoms with Gasteiger partial charge in [0.2, 0.25) is 5.91 Å². The topological polar surface area (TPSA) is 83.6 Å². The number of aromatic nitrogens is 3. The van der Waals surface area contributed by atoms with Crippen molar-refractivity contribution in [2.75, 3.05) is 0 Å². The first kappa shape index (κ1) is 23.8. The fraction of sp³-hybridized carbons (Fsp3) is 0.304. The van der Waals surface area contributed by atoms with Crippen LogP contribution in [-0.2, 0) is 4.79 Å². The fourth-order valence-electron chi connectivity index (χ4n) is 2.88. The van der Waals surface area contributed by atoms with Crippen molar-refractivity contribution in [3.05, 3.63) is 59.4 Å². The fourth-order valence-corrected chi connectivity index (χ4v) is 3.96. The Bertz CT molecular complexity index is 1180. The SMILES string of the molecule is CC(Sc1nnc(-c2ccccc2Cl)n1-c1ccccc1F)C(=O)NC(C)(C#N)C(C)C. The van der Waals surface area contributed by atoms with E-state index in [0.717, 1.165) is 11.8 Å². The molecule has 0 fully saturated rings. The largest absolute Gasteiger partial charge is 0.337 e. The van der Waals surface area contributed by atoms with Crippen molar-refractivity contribution in [3.63, 3.8) is 0 Å². The standard InChI is InChI=1S/C23H23ClFN5OS/c1-14(2)23(4,13-26)27-21(31)15(3)32-22-29-28-20(16-9-5-6-10-17(16)24)30(22)19-12-8-7-11-18(19)25/h5-12,14-15H,1-4H3,(H,27,31). The van der Waals surface area contributed by atoms with Crippen LogP contribution in [0.15, 0.2) is 53.7 Å². The number of nitriles is 1. The molecular weight excluding hydrogens is 449 g/mol.